The van der Waals surface area contributed by atoms with Gasteiger partial charge in [0.1, 0.15) is 29.7 Å². The molecule has 3 N–H and O–H groups in total. The summed E-state index contributed by atoms with van der Waals surface area (Å²) in [5, 5.41) is 12.0. The molecular weight excluding hydrogens is 354 g/mol. The van der Waals surface area contributed by atoms with Gasteiger partial charge in [-0.2, -0.15) is 10.2 Å². The Balaban J connectivity index is 1.54. The SMILES string of the molecule is Nc1n[nH]c2c(-n3cncn3)ncc(-c3ccc(Oc4ccccc4)cc3)c12. The Morgan fingerprint density at radius 2 is 1.75 bits per heavy atom. The van der Waals surface area contributed by atoms with Gasteiger partial charge in [-0.3, -0.25) is 5.10 Å². The van der Waals surface area contributed by atoms with Crippen molar-refractivity contribution in [2.24, 2.45) is 0 Å². The van der Waals surface area contributed by atoms with Gasteiger partial charge in [0.15, 0.2) is 11.6 Å². The number of nitrogens with one attached hydrogen (secondary N) is 1. The van der Waals surface area contributed by atoms with E-state index in [1.54, 1.807) is 17.2 Å². The van der Waals surface area contributed by atoms with Crippen LogP contribution in [0.15, 0.2) is 73.4 Å². The number of H-pyrrole nitrogens is 1. The van der Waals surface area contributed by atoms with Gasteiger partial charge in [-0.15, -0.1) is 0 Å². The first-order valence-corrected chi connectivity index (χ1v) is 8.60. The molecule has 5 aromatic rings. The summed E-state index contributed by atoms with van der Waals surface area (Å²) < 4.78 is 7.43. The van der Waals surface area contributed by atoms with Crippen LogP contribution in [-0.4, -0.2) is 29.9 Å². The van der Waals surface area contributed by atoms with Crippen molar-refractivity contribution in [3.8, 4) is 28.4 Å². The number of nitrogens with zero attached hydrogens (tertiary/aromatic N) is 5. The highest BCUT2D eigenvalue weighted by Gasteiger charge is 2.16. The predicted octanol–water partition coefficient (Wildman–Crippen LogP) is 3.58. The van der Waals surface area contributed by atoms with Gasteiger partial charge in [0.25, 0.3) is 0 Å². The summed E-state index contributed by atoms with van der Waals surface area (Å²) >= 11 is 0. The molecule has 0 aliphatic rings. The summed E-state index contributed by atoms with van der Waals surface area (Å²) in [5.74, 6) is 2.52. The summed E-state index contributed by atoms with van der Waals surface area (Å²) in [7, 11) is 0. The number of anilines is 1. The molecule has 8 heteroatoms. The first kappa shape index (κ1) is 16.0. The predicted molar refractivity (Wildman–Crippen MR) is 105 cm³/mol. The van der Waals surface area contributed by atoms with E-state index in [-0.39, 0.29) is 0 Å². The zero-order chi connectivity index (χ0) is 18.9. The third-order valence-electron chi connectivity index (χ3n) is 4.38. The molecule has 0 amide bonds. The monoisotopic (exact) mass is 369 g/mol. The molecule has 0 saturated heterocycles. The lowest BCUT2D eigenvalue weighted by atomic mass is 10.0. The van der Waals surface area contributed by atoms with Crippen molar-refractivity contribution in [1.29, 1.82) is 0 Å². The van der Waals surface area contributed by atoms with E-state index in [9.17, 15) is 0 Å². The van der Waals surface area contributed by atoms with Crippen LogP contribution in [0.3, 0.4) is 0 Å². The van der Waals surface area contributed by atoms with Gasteiger partial charge in [-0.1, -0.05) is 30.3 Å². The van der Waals surface area contributed by atoms with Crippen molar-refractivity contribution < 1.29 is 4.74 Å². The normalized spacial score (nSPS) is 11.0. The highest BCUT2D eigenvalue weighted by atomic mass is 16.5. The van der Waals surface area contributed by atoms with Gasteiger partial charge in [0, 0.05) is 11.8 Å². The second kappa shape index (κ2) is 6.51. The molecule has 0 radical (unpaired) electrons. The number of nitrogens with two attached hydrogens (primary N) is 1. The zero-order valence-electron chi connectivity index (χ0n) is 14.6. The van der Waals surface area contributed by atoms with Gasteiger partial charge in [0.05, 0.1) is 5.39 Å². The molecule has 0 spiro atoms. The third kappa shape index (κ3) is 2.73. The molecule has 28 heavy (non-hydrogen) atoms. The molecule has 3 heterocycles. The summed E-state index contributed by atoms with van der Waals surface area (Å²) in [6.07, 6.45) is 4.79. The van der Waals surface area contributed by atoms with E-state index >= 15 is 0 Å². The Morgan fingerprint density at radius 1 is 0.964 bits per heavy atom. The number of benzene rings is 2. The molecule has 8 nitrogen and oxygen atoms in total. The molecule has 0 saturated carbocycles. The minimum Gasteiger partial charge on any atom is -0.457 e. The maximum Gasteiger partial charge on any atom is 0.181 e. The molecule has 5 rings (SSSR count). The Labute approximate surface area is 159 Å². The number of nitrogen functional groups attached to an aromatic ring is 1. The summed E-state index contributed by atoms with van der Waals surface area (Å²) in [6, 6.07) is 17.4. The third-order valence-corrected chi connectivity index (χ3v) is 4.38. The molecule has 0 aliphatic carbocycles. The lowest BCUT2D eigenvalue weighted by Gasteiger charge is -2.09. The number of para-hydroxylation sites is 1. The highest BCUT2D eigenvalue weighted by Crippen LogP contribution is 2.34. The van der Waals surface area contributed by atoms with E-state index in [4.69, 9.17) is 10.5 Å². The van der Waals surface area contributed by atoms with Crippen LogP contribution >= 0.6 is 0 Å². The topological polar surface area (TPSA) is 108 Å². The second-order valence-electron chi connectivity index (χ2n) is 6.13. The zero-order valence-corrected chi connectivity index (χ0v) is 14.6. The maximum absolute atomic E-state index is 6.13. The number of rotatable bonds is 4. The van der Waals surface area contributed by atoms with Gasteiger partial charge in [0.2, 0.25) is 0 Å². The number of aromatic nitrogens is 6. The molecule has 136 valence electrons. The van der Waals surface area contributed by atoms with Crippen molar-refractivity contribution in [2.75, 3.05) is 5.73 Å². The van der Waals surface area contributed by atoms with E-state index in [2.05, 4.69) is 25.3 Å². The number of aromatic amines is 1. The van der Waals surface area contributed by atoms with Crippen LogP contribution in [0, 0.1) is 0 Å². The number of hydrogen-bond acceptors (Lipinski definition) is 6. The van der Waals surface area contributed by atoms with Crippen molar-refractivity contribution in [3.63, 3.8) is 0 Å². The first-order valence-electron chi connectivity index (χ1n) is 8.60. The minimum atomic E-state index is 0.401. The summed E-state index contributed by atoms with van der Waals surface area (Å²) in [4.78, 5) is 8.50. The molecule has 0 bridgehead atoms. The molecule has 0 unspecified atom stereocenters. The van der Waals surface area contributed by atoms with Crippen LogP contribution in [0.2, 0.25) is 0 Å². The van der Waals surface area contributed by atoms with Crippen molar-refractivity contribution in [2.45, 2.75) is 0 Å². The molecule has 3 aromatic heterocycles. The van der Waals surface area contributed by atoms with E-state index in [1.165, 1.54) is 6.33 Å². The lowest BCUT2D eigenvalue weighted by Crippen LogP contribution is -2.00. The Morgan fingerprint density at radius 3 is 2.50 bits per heavy atom. The first-order chi connectivity index (χ1) is 13.8. The molecule has 0 atom stereocenters. The largest absolute Gasteiger partial charge is 0.457 e. The number of fused-ring (bicyclic) bond motifs is 1. The molecule has 2 aromatic carbocycles. The van der Waals surface area contributed by atoms with Crippen LogP contribution in [-0.2, 0) is 0 Å². The fraction of sp³-hybridized carbons (Fsp3) is 0. The second-order valence-corrected chi connectivity index (χ2v) is 6.13. The highest BCUT2D eigenvalue weighted by molar-refractivity contribution is 6.03. The quantitative estimate of drug-likeness (QED) is 0.501. The smallest absolute Gasteiger partial charge is 0.181 e. The fourth-order valence-corrected chi connectivity index (χ4v) is 3.08. The standard InChI is InChI=1S/C20H15N7O/c21-19-17-16(10-23-20(18(17)25-26-19)27-12-22-11-24-27)13-6-8-15(9-7-13)28-14-4-2-1-3-5-14/h1-12H,(H3,21,25,26). The van der Waals surface area contributed by atoms with E-state index < -0.39 is 0 Å². The van der Waals surface area contributed by atoms with Crippen LogP contribution in [0.5, 0.6) is 11.5 Å². The maximum atomic E-state index is 6.13. The molecular formula is C20H15N7O. The number of ether oxygens (including phenoxy) is 1. The van der Waals surface area contributed by atoms with Gasteiger partial charge in [-0.05, 0) is 29.8 Å². The average molecular weight is 369 g/mol. The van der Waals surface area contributed by atoms with Gasteiger partial charge >= 0.3 is 0 Å². The van der Waals surface area contributed by atoms with Gasteiger partial charge in [-0.25, -0.2) is 14.6 Å². The fourth-order valence-electron chi connectivity index (χ4n) is 3.08. The molecule has 0 fully saturated rings. The van der Waals surface area contributed by atoms with Crippen LogP contribution in [0.1, 0.15) is 0 Å². The van der Waals surface area contributed by atoms with E-state index in [0.29, 0.717) is 17.2 Å². The van der Waals surface area contributed by atoms with Crippen molar-refractivity contribution in [3.05, 3.63) is 73.4 Å². The van der Waals surface area contributed by atoms with Crippen LogP contribution < -0.4 is 10.5 Å². The summed E-state index contributed by atoms with van der Waals surface area (Å²) in [6.45, 7) is 0. The van der Waals surface area contributed by atoms with Crippen molar-refractivity contribution >= 4 is 16.7 Å². The number of pyridine rings is 1. The van der Waals surface area contributed by atoms with Crippen LogP contribution in [0.4, 0.5) is 5.82 Å². The van der Waals surface area contributed by atoms with Crippen molar-refractivity contribution in [1.82, 2.24) is 29.9 Å². The Hall–Kier alpha value is -4.20. The summed E-state index contributed by atoms with van der Waals surface area (Å²) in [5.41, 5.74) is 8.65. The van der Waals surface area contributed by atoms with E-state index in [1.807, 2.05) is 54.6 Å². The Kier molecular flexibility index (Phi) is 3.72. The Bertz CT molecular complexity index is 1230. The molecule has 0 aliphatic heterocycles. The number of hydrogen-bond donors (Lipinski definition) is 2. The van der Waals surface area contributed by atoms with Crippen LogP contribution in [0.25, 0.3) is 27.8 Å². The minimum absolute atomic E-state index is 0.401. The lowest BCUT2D eigenvalue weighted by molar-refractivity contribution is 0.483. The van der Waals surface area contributed by atoms with Gasteiger partial charge < -0.3 is 10.5 Å². The van der Waals surface area contributed by atoms with E-state index in [0.717, 1.165) is 28.0 Å². The average Bonchev–Trinajstić information content (AvgIpc) is 3.40.